The van der Waals surface area contributed by atoms with Crippen molar-refractivity contribution in [2.24, 2.45) is 5.92 Å². The molecule has 0 aliphatic carbocycles. The van der Waals surface area contributed by atoms with E-state index in [1.165, 1.54) is 0 Å². The third-order valence-corrected chi connectivity index (χ3v) is 3.96. The van der Waals surface area contributed by atoms with Gasteiger partial charge in [0.25, 0.3) is 0 Å². The van der Waals surface area contributed by atoms with E-state index >= 15 is 0 Å². The van der Waals surface area contributed by atoms with Gasteiger partial charge in [-0.3, -0.25) is 0 Å². The first-order chi connectivity index (χ1) is 6.31. The highest BCUT2D eigenvalue weighted by Gasteiger charge is 2.23. The van der Waals surface area contributed by atoms with E-state index in [1.54, 1.807) is 21.0 Å². The summed E-state index contributed by atoms with van der Waals surface area (Å²) in [6.45, 7) is 7.65. The van der Waals surface area contributed by atoms with Crippen molar-refractivity contribution >= 4 is 10.0 Å². The van der Waals surface area contributed by atoms with Gasteiger partial charge in [0.2, 0.25) is 10.0 Å². The van der Waals surface area contributed by atoms with Crippen molar-refractivity contribution in [2.45, 2.75) is 39.0 Å². The second kappa shape index (κ2) is 5.68. The average molecular weight is 223 g/mol. The Morgan fingerprint density at radius 2 is 1.71 bits per heavy atom. The Morgan fingerprint density at radius 3 is 2.00 bits per heavy atom. The quantitative estimate of drug-likeness (QED) is 0.730. The predicted octanol–water partition coefficient (Wildman–Crippen LogP) is 0.985. The van der Waals surface area contributed by atoms with E-state index in [0.717, 1.165) is 0 Å². The SMILES string of the molecule is COCC(NS(=O)(=O)C(C)C)C(C)C. The molecule has 0 bridgehead atoms. The van der Waals surface area contributed by atoms with Gasteiger partial charge in [-0.2, -0.15) is 0 Å². The lowest BCUT2D eigenvalue weighted by Gasteiger charge is -2.22. The van der Waals surface area contributed by atoms with E-state index in [0.29, 0.717) is 6.61 Å². The number of hydrogen-bond donors (Lipinski definition) is 1. The van der Waals surface area contributed by atoms with Gasteiger partial charge in [0.1, 0.15) is 0 Å². The van der Waals surface area contributed by atoms with Crippen LogP contribution in [0.3, 0.4) is 0 Å². The summed E-state index contributed by atoms with van der Waals surface area (Å²) in [4.78, 5) is 0. The van der Waals surface area contributed by atoms with Crippen LogP contribution in [0.25, 0.3) is 0 Å². The molecular formula is C9H21NO3S. The lowest BCUT2D eigenvalue weighted by Crippen LogP contribution is -2.44. The van der Waals surface area contributed by atoms with E-state index in [2.05, 4.69) is 4.72 Å². The first kappa shape index (κ1) is 13.9. The van der Waals surface area contributed by atoms with Crippen LogP contribution < -0.4 is 4.72 Å². The van der Waals surface area contributed by atoms with Crippen LogP contribution in [0, 0.1) is 5.92 Å². The summed E-state index contributed by atoms with van der Waals surface area (Å²) >= 11 is 0. The minimum absolute atomic E-state index is 0.146. The van der Waals surface area contributed by atoms with Gasteiger partial charge in [-0.1, -0.05) is 13.8 Å². The lowest BCUT2D eigenvalue weighted by atomic mass is 10.1. The molecule has 0 radical (unpaired) electrons. The third kappa shape index (κ3) is 4.39. The van der Waals surface area contributed by atoms with Crippen LogP contribution in [0.1, 0.15) is 27.7 Å². The van der Waals surface area contributed by atoms with Gasteiger partial charge in [-0.15, -0.1) is 0 Å². The molecule has 0 aromatic rings. The largest absolute Gasteiger partial charge is 0.383 e. The zero-order valence-electron chi connectivity index (χ0n) is 9.57. The molecule has 0 spiro atoms. The fourth-order valence-electron chi connectivity index (χ4n) is 0.889. The third-order valence-electron chi connectivity index (χ3n) is 2.09. The van der Waals surface area contributed by atoms with E-state index in [9.17, 15) is 8.42 Å². The molecule has 1 unspecified atom stereocenters. The number of rotatable bonds is 6. The van der Waals surface area contributed by atoms with Gasteiger partial charge in [0.15, 0.2) is 0 Å². The first-order valence-corrected chi connectivity index (χ1v) is 6.36. The zero-order valence-corrected chi connectivity index (χ0v) is 10.4. The van der Waals surface area contributed by atoms with Gasteiger partial charge in [-0.05, 0) is 19.8 Å². The molecule has 0 aliphatic rings. The maximum Gasteiger partial charge on any atom is 0.214 e. The second-order valence-electron chi connectivity index (χ2n) is 4.02. The molecule has 1 N–H and O–H groups in total. The number of sulfonamides is 1. The molecule has 0 amide bonds. The van der Waals surface area contributed by atoms with Crippen molar-refractivity contribution in [3.05, 3.63) is 0 Å². The van der Waals surface area contributed by atoms with E-state index in [1.807, 2.05) is 13.8 Å². The van der Waals surface area contributed by atoms with E-state index in [4.69, 9.17) is 4.74 Å². The number of methoxy groups -OCH3 is 1. The van der Waals surface area contributed by atoms with Gasteiger partial charge in [-0.25, -0.2) is 13.1 Å². The number of nitrogens with one attached hydrogen (secondary N) is 1. The Morgan fingerprint density at radius 1 is 1.21 bits per heavy atom. The molecule has 0 aliphatic heterocycles. The topological polar surface area (TPSA) is 55.4 Å². The molecule has 0 fully saturated rings. The van der Waals surface area contributed by atoms with Crippen molar-refractivity contribution in [2.75, 3.05) is 13.7 Å². The Hall–Kier alpha value is -0.130. The van der Waals surface area contributed by atoms with Crippen molar-refractivity contribution in [1.29, 1.82) is 0 Å². The molecule has 0 rings (SSSR count). The molecular weight excluding hydrogens is 202 g/mol. The zero-order chi connectivity index (χ0) is 11.4. The highest BCUT2D eigenvalue weighted by Crippen LogP contribution is 2.06. The number of hydrogen-bond acceptors (Lipinski definition) is 3. The van der Waals surface area contributed by atoms with Crippen molar-refractivity contribution in [3.8, 4) is 0 Å². The molecule has 0 aromatic carbocycles. The molecule has 14 heavy (non-hydrogen) atoms. The normalized spacial score (nSPS) is 15.1. The van der Waals surface area contributed by atoms with E-state index < -0.39 is 15.3 Å². The molecule has 1 atom stereocenters. The van der Waals surface area contributed by atoms with E-state index in [-0.39, 0.29) is 12.0 Å². The fraction of sp³-hybridized carbons (Fsp3) is 1.00. The molecule has 0 aromatic heterocycles. The summed E-state index contributed by atoms with van der Waals surface area (Å²) in [5.74, 6) is 0.225. The summed E-state index contributed by atoms with van der Waals surface area (Å²) in [5, 5.41) is -0.402. The summed E-state index contributed by atoms with van der Waals surface area (Å²) in [6.07, 6.45) is 0. The summed E-state index contributed by atoms with van der Waals surface area (Å²) < 4.78 is 30.7. The maximum atomic E-state index is 11.6. The Kier molecular flexibility index (Phi) is 5.63. The van der Waals surface area contributed by atoms with Crippen molar-refractivity contribution < 1.29 is 13.2 Å². The van der Waals surface area contributed by atoms with Crippen molar-refractivity contribution in [1.82, 2.24) is 4.72 Å². The first-order valence-electron chi connectivity index (χ1n) is 4.81. The fourth-order valence-corrected chi connectivity index (χ4v) is 1.92. The average Bonchev–Trinajstić information content (AvgIpc) is 2.02. The summed E-state index contributed by atoms with van der Waals surface area (Å²) in [5.41, 5.74) is 0. The smallest absolute Gasteiger partial charge is 0.214 e. The second-order valence-corrected chi connectivity index (χ2v) is 6.29. The van der Waals surface area contributed by atoms with Crippen LogP contribution in [-0.4, -0.2) is 33.4 Å². The van der Waals surface area contributed by atoms with Gasteiger partial charge >= 0.3 is 0 Å². The maximum absolute atomic E-state index is 11.6. The highest BCUT2D eigenvalue weighted by atomic mass is 32.2. The lowest BCUT2D eigenvalue weighted by molar-refractivity contribution is 0.157. The Balaban J connectivity index is 4.45. The van der Waals surface area contributed by atoms with Crippen molar-refractivity contribution in [3.63, 3.8) is 0 Å². The van der Waals surface area contributed by atoms with Crippen LogP contribution >= 0.6 is 0 Å². The Bertz CT molecular complexity index is 247. The van der Waals surface area contributed by atoms with Crippen LogP contribution in [0.2, 0.25) is 0 Å². The highest BCUT2D eigenvalue weighted by molar-refractivity contribution is 7.90. The molecule has 0 saturated carbocycles. The summed E-state index contributed by atoms with van der Waals surface area (Å²) in [6, 6.07) is -0.146. The van der Waals surface area contributed by atoms with Gasteiger partial charge < -0.3 is 4.74 Å². The van der Waals surface area contributed by atoms with Gasteiger partial charge in [0, 0.05) is 13.2 Å². The molecule has 4 nitrogen and oxygen atoms in total. The summed E-state index contributed by atoms with van der Waals surface area (Å²) in [7, 11) is -1.63. The molecule has 0 heterocycles. The van der Waals surface area contributed by atoms with Crippen LogP contribution in [0.4, 0.5) is 0 Å². The van der Waals surface area contributed by atoms with Crippen LogP contribution in [-0.2, 0) is 14.8 Å². The minimum atomic E-state index is -3.19. The molecule has 0 saturated heterocycles. The van der Waals surface area contributed by atoms with Crippen LogP contribution in [0.15, 0.2) is 0 Å². The van der Waals surface area contributed by atoms with Gasteiger partial charge in [0.05, 0.1) is 11.9 Å². The van der Waals surface area contributed by atoms with Crippen LogP contribution in [0.5, 0.6) is 0 Å². The standard InChI is InChI=1S/C9H21NO3S/c1-7(2)9(6-13-5)10-14(11,12)8(3)4/h7-10H,6H2,1-5H3. The number of ether oxygens (including phenoxy) is 1. The Labute approximate surface area is 87.1 Å². The monoisotopic (exact) mass is 223 g/mol. The predicted molar refractivity (Wildman–Crippen MR) is 57.7 cm³/mol. The molecule has 86 valence electrons. The minimum Gasteiger partial charge on any atom is -0.383 e. The molecule has 5 heteroatoms.